The lowest BCUT2D eigenvalue weighted by Crippen LogP contribution is -2.52. The van der Waals surface area contributed by atoms with E-state index in [0.717, 1.165) is 4.48 Å². The predicted molar refractivity (Wildman–Crippen MR) is 64.6 cm³/mol. The van der Waals surface area contributed by atoms with Crippen LogP contribution in [0, 0.1) is 0 Å². The summed E-state index contributed by atoms with van der Waals surface area (Å²) in [4.78, 5) is 0. The van der Waals surface area contributed by atoms with Crippen LogP contribution in [-0.2, 0) is 5.54 Å². The minimum absolute atomic E-state index is 0.362. The van der Waals surface area contributed by atoms with Crippen LogP contribution in [0.4, 0.5) is 0 Å². The minimum atomic E-state index is 0.362. The van der Waals surface area contributed by atoms with E-state index in [9.17, 15) is 0 Å². The van der Waals surface area contributed by atoms with Gasteiger partial charge >= 0.3 is 0 Å². The van der Waals surface area contributed by atoms with E-state index in [1.807, 2.05) is 0 Å². The Kier molecular flexibility index (Phi) is 2.59. The molecule has 0 radical (unpaired) electrons. The fourth-order valence-corrected chi connectivity index (χ4v) is 3.06. The molecule has 0 aliphatic heterocycles. The lowest BCUT2D eigenvalue weighted by molar-refractivity contribution is -0.931. The molecule has 0 atom stereocenters. The third kappa shape index (κ3) is 1.69. The molecule has 1 nitrogen and oxygen atoms in total. The maximum atomic E-state index is 2.33. The minimum Gasteiger partial charge on any atom is -0.322 e. The number of rotatable bonds is 2. The zero-order valence-corrected chi connectivity index (χ0v) is 10.2. The van der Waals surface area contributed by atoms with Crippen molar-refractivity contribution >= 4 is 0 Å². The number of hydrogen-bond donors (Lipinski definition) is 0. The lowest BCUT2D eigenvalue weighted by atomic mass is 9.85. The summed E-state index contributed by atoms with van der Waals surface area (Å²) in [5.74, 6) is 0. The van der Waals surface area contributed by atoms with E-state index in [2.05, 4.69) is 51.5 Å². The van der Waals surface area contributed by atoms with Crippen LogP contribution >= 0.6 is 0 Å². The van der Waals surface area contributed by atoms with Gasteiger partial charge in [-0.15, -0.1) is 0 Å². The Morgan fingerprint density at radius 3 is 1.93 bits per heavy atom. The van der Waals surface area contributed by atoms with Crippen molar-refractivity contribution in [3.8, 4) is 0 Å². The molecule has 1 aromatic rings. The molecule has 1 heteroatoms. The van der Waals surface area contributed by atoms with Gasteiger partial charge < -0.3 is 4.48 Å². The summed E-state index contributed by atoms with van der Waals surface area (Å²) in [7, 11) is 6.99. The highest BCUT2D eigenvalue weighted by molar-refractivity contribution is 5.23. The molecule has 1 fully saturated rings. The van der Waals surface area contributed by atoms with E-state index < -0.39 is 0 Å². The normalized spacial score (nSPS) is 20.5. The molecule has 1 aromatic carbocycles. The first-order valence-electron chi connectivity index (χ1n) is 5.93. The Morgan fingerprint density at radius 2 is 1.47 bits per heavy atom. The Balaban J connectivity index is 2.44. The molecule has 0 spiro atoms. The molecule has 0 N–H and O–H groups in total. The van der Waals surface area contributed by atoms with Gasteiger partial charge in [-0.25, -0.2) is 0 Å². The quantitative estimate of drug-likeness (QED) is 0.649. The van der Waals surface area contributed by atoms with Crippen molar-refractivity contribution < 1.29 is 4.48 Å². The van der Waals surface area contributed by atoms with E-state index in [1.54, 1.807) is 0 Å². The summed E-state index contributed by atoms with van der Waals surface area (Å²) in [5, 5.41) is 0. The van der Waals surface area contributed by atoms with Crippen LogP contribution in [-0.4, -0.2) is 25.6 Å². The predicted octanol–water partition coefficient (Wildman–Crippen LogP) is 3.16. The molecule has 82 valence electrons. The van der Waals surface area contributed by atoms with Crippen molar-refractivity contribution in [3.05, 3.63) is 35.9 Å². The molecular formula is C14H22N+. The fourth-order valence-electron chi connectivity index (χ4n) is 3.06. The van der Waals surface area contributed by atoms with E-state index >= 15 is 0 Å². The van der Waals surface area contributed by atoms with E-state index in [0.29, 0.717) is 5.54 Å². The summed E-state index contributed by atoms with van der Waals surface area (Å²) in [6.45, 7) is 0. The van der Waals surface area contributed by atoms with Crippen molar-refractivity contribution in [2.24, 2.45) is 0 Å². The van der Waals surface area contributed by atoms with Crippen LogP contribution in [0.25, 0.3) is 0 Å². The third-order valence-corrected chi connectivity index (χ3v) is 4.03. The second-order valence-electron chi connectivity index (χ2n) is 5.62. The summed E-state index contributed by atoms with van der Waals surface area (Å²) < 4.78 is 1.05. The maximum Gasteiger partial charge on any atom is 0.124 e. The van der Waals surface area contributed by atoms with Gasteiger partial charge in [-0.3, -0.25) is 0 Å². The molecular weight excluding hydrogens is 182 g/mol. The molecule has 0 amide bonds. The van der Waals surface area contributed by atoms with Crippen molar-refractivity contribution in [1.82, 2.24) is 0 Å². The Morgan fingerprint density at radius 1 is 0.933 bits per heavy atom. The lowest BCUT2D eigenvalue weighted by Gasteiger charge is -2.44. The number of nitrogens with zero attached hydrogens (tertiary/aromatic N) is 1. The highest BCUT2D eigenvalue weighted by Gasteiger charge is 2.46. The first-order chi connectivity index (χ1) is 7.06. The van der Waals surface area contributed by atoms with Crippen molar-refractivity contribution in [2.75, 3.05) is 21.1 Å². The van der Waals surface area contributed by atoms with E-state index in [4.69, 9.17) is 0 Å². The van der Waals surface area contributed by atoms with Crippen LogP contribution in [0.15, 0.2) is 30.3 Å². The molecule has 0 aromatic heterocycles. The molecule has 2 rings (SSSR count). The average Bonchev–Trinajstić information content (AvgIpc) is 2.68. The monoisotopic (exact) mass is 204 g/mol. The Hall–Kier alpha value is -0.820. The molecule has 0 saturated heterocycles. The number of quaternary nitrogens is 1. The molecule has 1 saturated carbocycles. The van der Waals surface area contributed by atoms with Gasteiger partial charge in [0.2, 0.25) is 0 Å². The van der Waals surface area contributed by atoms with Crippen molar-refractivity contribution in [1.29, 1.82) is 0 Å². The second kappa shape index (κ2) is 3.64. The summed E-state index contributed by atoms with van der Waals surface area (Å²) in [5.41, 5.74) is 1.89. The smallest absolute Gasteiger partial charge is 0.124 e. The average molecular weight is 204 g/mol. The highest BCUT2D eigenvalue weighted by atomic mass is 15.3. The zero-order chi connectivity index (χ0) is 10.9. The van der Waals surface area contributed by atoms with Gasteiger partial charge in [0.05, 0.1) is 21.1 Å². The van der Waals surface area contributed by atoms with Gasteiger partial charge in [0.1, 0.15) is 5.54 Å². The van der Waals surface area contributed by atoms with E-state index in [-0.39, 0.29) is 0 Å². The zero-order valence-electron chi connectivity index (χ0n) is 10.2. The van der Waals surface area contributed by atoms with Crippen LogP contribution in [0.2, 0.25) is 0 Å². The number of hydrogen-bond acceptors (Lipinski definition) is 0. The maximum absolute atomic E-state index is 2.33. The second-order valence-corrected chi connectivity index (χ2v) is 5.62. The molecule has 0 unspecified atom stereocenters. The Labute approximate surface area is 93.3 Å². The van der Waals surface area contributed by atoms with Crippen molar-refractivity contribution in [2.45, 2.75) is 31.2 Å². The van der Waals surface area contributed by atoms with Crippen LogP contribution in [0.5, 0.6) is 0 Å². The largest absolute Gasteiger partial charge is 0.322 e. The summed E-state index contributed by atoms with van der Waals surface area (Å²) in [6.07, 6.45) is 5.43. The van der Waals surface area contributed by atoms with Gasteiger partial charge in [0, 0.05) is 18.4 Å². The standard InChI is InChI=1S/C14H22N/c1-15(2,3)14(11-7-8-12-14)13-9-5-4-6-10-13/h4-6,9-10H,7-8,11-12H2,1-3H3/q+1. The van der Waals surface area contributed by atoms with Crippen molar-refractivity contribution in [3.63, 3.8) is 0 Å². The molecule has 0 bridgehead atoms. The SMILES string of the molecule is C[N+](C)(C)C1(c2ccccc2)CCCC1. The fraction of sp³-hybridized carbons (Fsp3) is 0.571. The van der Waals surface area contributed by atoms with Crippen LogP contribution in [0.3, 0.4) is 0 Å². The van der Waals surface area contributed by atoms with Gasteiger partial charge in [0.25, 0.3) is 0 Å². The highest BCUT2D eigenvalue weighted by Crippen LogP contribution is 2.45. The third-order valence-electron chi connectivity index (χ3n) is 4.03. The van der Waals surface area contributed by atoms with Crippen LogP contribution in [0.1, 0.15) is 31.2 Å². The van der Waals surface area contributed by atoms with Gasteiger partial charge in [-0.2, -0.15) is 0 Å². The van der Waals surface area contributed by atoms with Gasteiger partial charge in [-0.1, -0.05) is 30.3 Å². The van der Waals surface area contributed by atoms with Gasteiger partial charge in [-0.05, 0) is 12.8 Å². The molecule has 1 aliphatic rings. The van der Waals surface area contributed by atoms with Crippen LogP contribution < -0.4 is 0 Å². The first-order valence-corrected chi connectivity index (χ1v) is 5.93. The van der Waals surface area contributed by atoms with E-state index in [1.165, 1.54) is 31.2 Å². The Bertz CT molecular complexity index is 315. The number of benzene rings is 1. The summed E-state index contributed by atoms with van der Waals surface area (Å²) in [6, 6.07) is 11.1. The molecule has 15 heavy (non-hydrogen) atoms. The van der Waals surface area contributed by atoms with Gasteiger partial charge in [0.15, 0.2) is 0 Å². The molecule has 1 aliphatic carbocycles. The first kappa shape index (κ1) is 10.7. The topological polar surface area (TPSA) is 0 Å². The summed E-state index contributed by atoms with van der Waals surface area (Å²) >= 11 is 0. The molecule has 0 heterocycles.